The first-order chi connectivity index (χ1) is 8.68. The van der Waals surface area contributed by atoms with E-state index in [1.165, 1.54) is 17.3 Å². The third-order valence-corrected chi connectivity index (χ3v) is 3.68. The zero-order chi connectivity index (χ0) is 12.7. The third-order valence-electron chi connectivity index (χ3n) is 3.68. The number of fused-ring (bicyclic) bond motifs is 1. The number of hydrogen-bond acceptors (Lipinski definition) is 2. The first-order valence-corrected chi connectivity index (χ1v) is 6.01. The van der Waals surface area contributed by atoms with Gasteiger partial charge in [0.2, 0.25) is 0 Å². The Hall–Kier alpha value is -2.10. The van der Waals surface area contributed by atoms with E-state index in [0.29, 0.717) is 5.56 Å². The smallest absolute Gasteiger partial charge is 0.339 e. The molecule has 0 aliphatic heterocycles. The number of aromatic carboxylic acids is 1. The van der Waals surface area contributed by atoms with Crippen LogP contribution in [0.3, 0.4) is 0 Å². The molecule has 0 saturated carbocycles. The Morgan fingerprint density at radius 1 is 1.44 bits per heavy atom. The highest BCUT2D eigenvalue weighted by Crippen LogP contribution is 2.38. The third kappa shape index (κ3) is 1.53. The molecule has 4 nitrogen and oxygen atoms in total. The minimum atomic E-state index is -0.900. The zero-order valence-electron chi connectivity index (χ0n) is 10.1. The van der Waals surface area contributed by atoms with Gasteiger partial charge in [0.05, 0.1) is 11.9 Å². The van der Waals surface area contributed by atoms with E-state index in [9.17, 15) is 9.90 Å². The fourth-order valence-corrected chi connectivity index (χ4v) is 2.87. The van der Waals surface area contributed by atoms with Crippen molar-refractivity contribution in [1.82, 2.24) is 9.78 Å². The fraction of sp³-hybridized carbons (Fsp3) is 0.286. The molecule has 4 heteroatoms. The summed E-state index contributed by atoms with van der Waals surface area (Å²) in [6, 6.07) is 8.24. The monoisotopic (exact) mass is 242 g/mol. The average Bonchev–Trinajstić information content (AvgIpc) is 2.92. The Bertz CT molecular complexity index is 616. The first-order valence-electron chi connectivity index (χ1n) is 6.01. The molecule has 18 heavy (non-hydrogen) atoms. The van der Waals surface area contributed by atoms with Gasteiger partial charge in [-0.2, -0.15) is 5.10 Å². The number of nitrogens with zero attached hydrogens (tertiary/aromatic N) is 2. The van der Waals surface area contributed by atoms with Gasteiger partial charge < -0.3 is 5.11 Å². The lowest BCUT2D eigenvalue weighted by Crippen LogP contribution is -2.09. The van der Waals surface area contributed by atoms with Crippen LogP contribution in [0.1, 0.15) is 39.5 Å². The average molecular weight is 242 g/mol. The SMILES string of the molecule is Cn1ncc(C(=O)O)c1C1CCc2ccccc21. The number of carbonyl (C=O) groups is 1. The van der Waals surface area contributed by atoms with E-state index in [-0.39, 0.29) is 5.92 Å². The Morgan fingerprint density at radius 2 is 2.22 bits per heavy atom. The van der Waals surface area contributed by atoms with Crippen LogP contribution in [0, 0.1) is 0 Å². The van der Waals surface area contributed by atoms with E-state index < -0.39 is 5.97 Å². The summed E-state index contributed by atoms with van der Waals surface area (Å²) >= 11 is 0. The van der Waals surface area contributed by atoms with E-state index in [0.717, 1.165) is 18.5 Å². The van der Waals surface area contributed by atoms with Crippen molar-refractivity contribution < 1.29 is 9.90 Å². The molecule has 1 N–H and O–H groups in total. The summed E-state index contributed by atoms with van der Waals surface area (Å²) in [6.07, 6.45) is 3.41. The van der Waals surface area contributed by atoms with Crippen molar-refractivity contribution in [2.45, 2.75) is 18.8 Å². The number of hydrogen-bond donors (Lipinski definition) is 1. The van der Waals surface area contributed by atoms with Gasteiger partial charge in [0, 0.05) is 13.0 Å². The van der Waals surface area contributed by atoms with E-state index >= 15 is 0 Å². The number of aromatic nitrogens is 2. The van der Waals surface area contributed by atoms with Gasteiger partial charge in [-0.05, 0) is 24.0 Å². The quantitative estimate of drug-likeness (QED) is 0.878. The van der Waals surface area contributed by atoms with Crippen molar-refractivity contribution in [2.24, 2.45) is 7.05 Å². The Morgan fingerprint density at radius 3 is 3.00 bits per heavy atom. The van der Waals surface area contributed by atoms with Crippen molar-refractivity contribution in [1.29, 1.82) is 0 Å². The molecule has 3 rings (SSSR count). The molecule has 0 amide bonds. The first kappa shape index (κ1) is 11.0. The molecule has 0 spiro atoms. The number of carboxylic acids is 1. The van der Waals surface area contributed by atoms with Gasteiger partial charge in [0.25, 0.3) is 0 Å². The summed E-state index contributed by atoms with van der Waals surface area (Å²) in [5.41, 5.74) is 3.69. The fourth-order valence-electron chi connectivity index (χ4n) is 2.87. The molecule has 0 saturated heterocycles. The molecular formula is C14H14N2O2. The van der Waals surface area contributed by atoms with Crippen molar-refractivity contribution in [3.63, 3.8) is 0 Å². The number of rotatable bonds is 2. The molecule has 1 aliphatic rings. The zero-order valence-corrected chi connectivity index (χ0v) is 10.1. The summed E-state index contributed by atoms with van der Waals surface area (Å²) in [7, 11) is 1.81. The van der Waals surface area contributed by atoms with E-state index in [4.69, 9.17) is 0 Å². The molecule has 1 unspecified atom stereocenters. The lowest BCUT2D eigenvalue weighted by Gasteiger charge is -2.13. The van der Waals surface area contributed by atoms with Gasteiger partial charge in [-0.3, -0.25) is 4.68 Å². The minimum absolute atomic E-state index is 0.153. The summed E-state index contributed by atoms with van der Waals surface area (Å²) in [5.74, 6) is -0.748. The second kappa shape index (κ2) is 3.98. The van der Waals surface area contributed by atoms with E-state index in [1.807, 2.05) is 19.2 Å². The molecular weight excluding hydrogens is 228 g/mol. The summed E-state index contributed by atoms with van der Waals surface area (Å²) < 4.78 is 1.69. The van der Waals surface area contributed by atoms with Crippen LogP contribution >= 0.6 is 0 Å². The summed E-state index contributed by atoms with van der Waals surface area (Å²) in [6.45, 7) is 0. The van der Waals surface area contributed by atoms with Gasteiger partial charge in [0.1, 0.15) is 5.56 Å². The molecule has 1 aromatic heterocycles. The van der Waals surface area contributed by atoms with Crippen LogP contribution in [0.5, 0.6) is 0 Å². The molecule has 2 aromatic rings. The molecule has 0 bridgehead atoms. The van der Waals surface area contributed by atoms with Crippen molar-refractivity contribution >= 4 is 5.97 Å². The van der Waals surface area contributed by atoms with Gasteiger partial charge in [0.15, 0.2) is 0 Å². The van der Waals surface area contributed by atoms with Gasteiger partial charge >= 0.3 is 5.97 Å². The Balaban J connectivity index is 2.13. The van der Waals surface area contributed by atoms with Gasteiger partial charge in [-0.15, -0.1) is 0 Å². The van der Waals surface area contributed by atoms with Crippen molar-refractivity contribution in [2.75, 3.05) is 0 Å². The molecule has 1 heterocycles. The van der Waals surface area contributed by atoms with Crippen LogP contribution in [0.25, 0.3) is 0 Å². The summed E-state index contributed by atoms with van der Waals surface area (Å²) in [4.78, 5) is 11.3. The van der Waals surface area contributed by atoms with Crippen LogP contribution in [0.4, 0.5) is 0 Å². The maximum atomic E-state index is 11.3. The predicted molar refractivity (Wildman–Crippen MR) is 66.8 cm³/mol. The molecule has 1 aliphatic carbocycles. The van der Waals surface area contributed by atoms with Gasteiger partial charge in [-0.1, -0.05) is 24.3 Å². The maximum Gasteiger partial charge on any atom is 0.339 e. The van der Waals surface area contributed by atoms with Crippen LogP contribution in [-0.4, -0.2) is 20.9 Å². The standard InChI is InChI=1S/C14H14N2O2/c1-16-13(12(8-15-16)14(17)18)11-7-6-9-4-2-3-5-10(9)11/h2-5,8,11H,6-7H2,1H3,(H,17,18). The topological polar surface area (TPSA) is 55.1 Å². The normalized spacial score (nSPS) is 17.7. The predicted octanol–water partition coefficient (Wildman–Crippen LogP) is 2.20. The molecule has 1 atom stereocenters. The van der Waals surface area contributed by atoms with Crippen LogP contribution in [0.15, 0.2) is 30.5 Å². The Kier molecular flexibility index (Phi) is 2.44. The molecule has 0 radical (unpaired) electrons. The second-order valence-corrected chi connectivity index (χ2v) is 4.66. The molecule has 92 valence electrons. The van der Waals surface area contributed by atoms with Gasteiger partial charge in [-0.25, -0.2) is 4.79 Å². The number of aryl methyl sites for hydroxylation is 2. The van der Waals surface area contributed by atoms with Crippen molar-refractivity contribution in [3.8, 4) is 0 Å². The summed E-state index contributed by atoms with van der Waals surface area (Å²) in [5, 5.41) is 13.3. The largest absolute Gasteiger partial charge is 0.478 e. The molecule has 1 aromatic carbocycles. The lowest BCUT2D eigenvalue weighted by molar-refractivity contribution is 0.0695. The van der Waals surface area contributed by atoms with Crippen LogP contribution in [0.2, 0.25) is 0 Å². The maximum absolute atomic E-state index is 11.3. The Labute approximate surface area is 105 Å². The van der Waals surface area contributed by atoms with Crippen LogP contribution in [-0.2, 0) is 13.5 Å². The lowest BCUT2D eigenvalue weighted by atomic mass is 9.95. The number of carboxylic acid groups (broad SMARTS) is 1. The highest BCUT2D eigenvalue weighted by molar-refractivity contribution is 5.89. The van der Waals surface area contributed by atoms with E-state index in [1.54, 1.807) is 4.68 Å². The molecule has 0 fully saturated rings. The second-order valence-electron chi connectivity index (χ2n) is 4.66. The highest BCUT2D eigenvalue weighted by atomic mass is 16.4. The highest BCUT2D eigenvalue weighted by Gasteiger charge is 2.29. The van der Waals surface area contributed by atoms with E-state index in [2.05, 4.69) is 17.2 Å². The number of benzene rings is 1. The van der Waals surface area contributed by atoms with Crippen LogP contribution < -0.4 is 0 Å². The minimum Gasteiger partial charge on any atom is -0.478 e. The van der Waals surface area contributed by atoms with Crippen molar-refractivity contribution in [3.05, 3.63) is 52.8 Å².